The quantitative estimate of drug-likeness (QED) is 0.736. The highest BCUT2D eigenvalue weighted by atomic mass is 35.5. The highest BCUT2D eigenvalue weighted by Crippen LogP contribution is 2.27. The molecule has 0 atom stereocenters. The van der Waals surface area contributed by atoms with Crippen LogP contribution in [0.4, 0.5) is 10.1 Å². The molecule has 7 heteroatoms. The standard InChI is InChI=1S/C13H9ClFN5/c14-10-2-1-3-11(15)12(10)20-13(17-18-19-20)8-4-6-9(16)7-5-8/h1-7H,16H2. The fourth-order valence-electron chi connectivity index (χ4n) is 1.84. The van der Waals surface area contributed by atoms with Gasteiger partial charge in [0.05, 0.1) is 5.02 Å². The third kappa shape index (κ3) is 2.10. The number of hydrogen-bond acceptors (Lipinski definition) is 4. The fraction of sp³-hybridized carbons (Fsp3) is 0. The number of nitrogens with zero attached hydrogens (tertiary/aromatic N) is 4. The highest BCUT2D eigenvalue weighted by molar-refractivity contribution is 6.32. The van der Waals surface area contributed by atoms with E-state index < -0.39 is 5.82 Å². The summed E-state index contributed by atoms with van der Waals surface area (Å²) in [5.41, 5.74) is 7.09. The third-order valence-electron chi connectivity index (χ3n) is 2.79. The smallest absolute Gasteiger partial charge is 0.187 e. The summed E-state index contributed by atoms with van der Waals surface area (Å²) in [4.78, 5) is 0. The van der Waals surface area contributed by atoms with Gasteiger partial charge in [-0.25, -0.2) is 4.39 Å². The molecule has 0 amide bonds. The lowest BCUT2D eigenvalue weighted by Gasteiger charge is -2.07. The number of rotatable bonds is 2. The van der Waals surface area contributed by atoms with Crippen LogP contribution in [0.5, 0.6) is 0 Å². The largest absolute Gasteiger partial charge is 0.399 e. The van der Waals surface area contributed by atoms with E-state index in [-0.39, 0.29) is 10.7 Å². The Labute approximate surface area is 118 Å². The molecule has 0 fully saturated rings. The Balaban J connectivity index is 2.18. The lowest BCUT2D eigenvalue weighted by Crippen LogP contribution is -2.03. The molecule has 0 unspecified atom stereocenters. The summed E-state index contributed by atoms with van der Waals surface area (Å²) < 4.78 is 15.2. The van der Waals surface area contributed by atoms with Gasteiger partial charge in [-0.2, -0.15) is 4.68 Å². The van der Waals surface area contributed by atoms with E-state index in [4.69, 9.17) is 17.3 Å². The molecule has 0 aliphatic rings. The molecule has 1 heterocycles. The first-order valence-corrected chi connectivity index (χ1v) is 6.13. The molecule has 5 nitrogen and oxygen atoms in total. The zero-order valence-electron chi connectivity index (χ0n) is 10.2. The Morgan fingerprint density at radius 3 is 2.55 bits per heavy atom. The maximum atomic E-state index is 14.0. The molecule has 1 aromatic heterocycles. The zero-order valence-corrected chi connectivity index (χ0v) is 10.9. The number of nitrogen functional groups attached to an aromatic ring is 1. The number of nitrogens with two attached hydrogens (primary N) is 1. The van der Waals surface area contributed by atoms with Crippen LogP contribution in [0.3, 0.4) is 0 Å². The maximum absolute atomic E-state index is 14.0. The molecule has 0 spiro atoms. The van der Waals surface area contributed by atoms with E-state index in [9.17, 15) is 4.39 Å². The zero-order chi connectivity index (χ0) is 14.1. The van der Waals surface area contributed by atoms with Gasteiger partial charge in [-0.15, -0.1) is 5.10 Å². The number of anilines is 1. The summed E-state index contributed by atoms with van der Waals surface area (Å²) in [7, 11) is 0. The normalized spacial score (nSPS) is 10.7. The van der Waals surface area contributed by atoms with Crippen LogP contribution in [0, 0.1) is 5.82 Å². The van der Waals surface area contributed by atoms with Gasteiger partial charge in [-0.1, -0.05) is 17.7 Å². The van der Waals surface area contributed by atoms with Crippen molar-refractivity contribution in [2.75, 3.05) is 5.73 Å². The van der Waals surface area contributed by atoms with E-state index in [1.54, 1.807) is 30.3 Å². The number of hydrogen-bond donors (Lipinski definition) is 1. The van der Waals surface area contributed by atoms with Crippen molar-refractivity contribution in [2.24, 2.45) is 0 Å². The first kappa shape index (κ1) is 12.6. The lowest BCUT2D eigenvalue weighted by atomic mass is 10.2. The SMILES string of the molecule is Nc1ccc(-c2nnnn2-c2c(F)cccc2Cl)cc1. The molecule has 2 N–H and O–H groups in total. The van der Waals surface area contributed by atoms with E-state index in [1.807, 2.05) is 0 Å². The Hall–Kier alpha value is -2.47. The van der Waals surface area contributed by atoms with E-state index >= 15 is 0 Å². The number of aromatic nitrogens is 4. The van der Waals surface area contributed by atoms with Crippen molar-refractivity contribution in [3.8, 4) is 17.1 Å². The molecule has 0 radical (unpaired) electrons. The molecule has 3 aromatic rings. The summed E-state index contributed by atoms with van der Waals surface area (Å²) in [6.07, 6.45) is 0. The molecule has 0 saturated heterocycles. The van der Waals surface area contributed by atoms with Gasteiger partial charge >= 0.3 is 0 Å². The minimum absolute atomic E-state index is 0.117. The monoisotopic (exact) mass is 289 g/mol. The van der Waals surface area contributed by atoms with Gasteiger partial charge in [-0.05, 0) is 46.8 Å². The molecule has 3 rings (SSSR count). The van der Waals surface area contributed by atoms with Crippen LogP contribution in [0.2, 0.25) is 5.02 Å². The number of halogens is 2. The average Bonchev–Trinajstić information content (AvgIpc) is 2.88. The Morgan fingerprint density at radius 2 is 1.85 bits per heavy atom. The van der Waals surface area contributed by atoms with Crippen molar-refractivity contribution in [3.63, 3.8) is 0 Å². The second-order valence-electron chi connectivity index (χ2n) is 4.11. The van der Waals surface area contributed by atoms with Gasteiger partial charge in [0.2, 0.25) is 0 Å². The summed E-state index contributed by atoms with van der Waals surface area (Å²) in [5, 5.41) is 11.5. The number of benzene rings is 2. The number of para-hydroxylation sites is 1. The van der Waals surface area contributed by atoms with Crippen LogP contribution in [0.15, 0.2) is 42.5 Å². The molecule has 100 valence electrons. The van der Waals surface area contributed by atoms with Crippen molar-refractivity contribution in [1.82, 2.24) is 20.2 Å². The van der Waals surface area contributed by atoms with Crippen LogP contribution in [0.25, 0.3) is 17.1 Å². The van der Waals surface area contributed by atoms with Gasteiger partial charge in [0.25, 0.3) is 0 Å². The molecule has 20 heavy (non-hydrogen) atoms. The van der Waals surface area contributed by atoms with Crippen molar-refractivity contribution in [1.29, 1.82) is 0 Å². The van der Waals surface area contributed by atoms with Crippen LogP contribution >= 0.6 is 11.6 Å². The van der Waals surface area contributed by atoms with E-state index in [1.165, 1.54) is 16.8 Å². The summed E-state index contributed by atoms with van der Waals surface area (Å²) in [6, 6.07) is 11.4. The van der Waals surface area contributed by atoms with Crippen LogP contribution < -0.4 is 5.73 Å². The summed E-state index contributed by atoms with van der Waals surface area (Å²) in [5.74, 6) is -0.113. The van der Waals surface area contributed by atoms with Crippen molar-refractivity contribution in [2.45, 2.75) is 0 Å². The van der Waals surface area contributed by atoms with Crippen molar-refractivity contribution >= 4 is 17.3 Å². The fourth-order valence-corrected chi connectivity index (χ4v) is 2.08. The minimum Gasteiger partial charge on any atom is -0.399 e. The highest BCUT2D eigenvalue weighted by Gasteiger charge is 2.16. The van der Waals surface area contributed by atoms with Crippen molar-refractivity contribution < 1.29 is 4.39 Å². The van der Waals surface area contributed by atoms with Crippen LogP contribution in [-0.4, -0.2) is 20.2 Å². The Kier molecular flexibility index (Phi) is 3.08. The molecular formula is C13H9ClFN5. The van der Waals surface area contributed by atoms with E-state index in [2.05, 4.69) is 15.5 Å². The Bertz CT molecular complexity index is 733. The van der Waals surface area contributed by atoms with Gasteiger partial charge in [0.15, 0.2) is 11.6 Å². The third-order valence-corrected chi connectivity index (χ3v) is 3.09. The topological polar surface area (TPSA) is 69.6 Å². The average molecular weight is 290 g/mol. The first-order chi connectivity index (χ1) is 9.66. The van der Waals surface area contributed by atoms with Crippen LogP contribution in [0.1, 0.15) is 0 Å². The van der Waals surface area contributed by atoms with E-state index in [0.717, 1.165) is 0 Å². The lowest BCUT2D eigenvalue weighted by molar-refractivity contribution is 0.608. The van der Waals surface area contributed by atoms with Crippen molar-refractivity contribution in [3.05, 3.63) is 53.3 Å². The molecular weight excluding hydrogens is 281 g/mol. The predicted molar refractivity (Wildman–Crippen MR) is 74.0 cm³/mol. The minimum atomic E-state index is -0.499. The maximum Gasteiger partial charge on any atom is 0.187 e. The van der Waals surface area contributed by atoms with Gasteiger partial charge in [-0.3, -0.25) is 0 Å². The van der Waals surface area contributed by atoms with Gasteiger partial charge in [0, 0.05) is 11.3 Å². The van der Waals surface area contributed by atoms with Gasteiger partial charge in [0.1, 0.15) is 5.69 Å². The molecule has 0 aliphatic heterocycles. The molecule has 0 saturated carbocycles. The summed E-state index contributed by atoms with van der Waals surface area (Å²) in [6.45, 7) is 0. The second kappa shape index (κ2) is 4.90. The number of tetrazole rings is 1. The first-order valence-electron chi connectivity index (χ1n) is 5.75. The molecule has 0 aliphatic carbocycles. The van der Waals surface area contributed by atoms with Gasteiger partial charge < -0.3 is 5.73 Å². The summed E-state index contributed by atoms with van der Waals surface area (Å²) >= 11 is 6.03. The molecule has 0 bridgehead atoms. The predicted octanol–water partition coefficient (Wildman–Crippen LogP) is 2.70. The van der Waals surface area contributed by atoms with E-state index in [0.29, 0.717) is 17.1 Å². The Morgan fingerprint density at radius 1 is 1.10 bits per heavy atom. The second-order valence-corrected chi connectivity index (χ2v) is 4.51. The molecule has 2 aromatic carbocycles. The van der Waals surface area contributed by atoms with Crippen LogP contribution in [-0.2, 0) is 0 Å².